The Hall–Kier alpha value is -2.52. The summed E-state index contributed by atoms with van der Waals surface area (Å²) in [5.74, 6) is 0.0183. The van der Waals surface area contributed by atoms with Gasteiger partial charge in [0.1, 0.15) is 0 Å². The molecule has 1 saturated heterocycles. The third-order valence-electron chi connectivity index (χ3n) is 5.20. The van der Waals surface area contributed by atoms with Gasteiger partial charge >= 0.3 is 0 Å². The Labute approximate surface area is 177 Å². The molecule has 2 aromatic carbocycles. The molecule has 0 unspecified atom stereocenters. The van der Waals surface area contributed by atoms with Crippen LogP contribution in [0.4, 0.5) is 0 Å². The van der Waals surface area contributed by atoms with E-state index in [1.165, 1.54) is 4.31 Å². The molecule has 158 valence electrons. The Morgan fingerprint density at radius 1 is 0.967 bits per heavy atom. The number of sulfonamides is 1. The van der Waals surface area contributed by atoms with Gasteiger partial charge in [0.15, 0.2) is 0 Å². The lowest BCUT2D eigenvalue weighted by Crippen LogP contribution is -2.41. The maximum Gasteiger partial charge on any atom is 0.218 e. The molecule has 1 N–H and O–H groups in total. The molecule has 30 heavy (non-hydrogen) atoms. The van der Waals surface area contributed by atoms with E-state index >= 15 is 0 Å². The molecule has 0 atom stereocenters. The zero-order valence-electron chi connectivity index (χ0n) is 16.8. The molecule has 8 heteroatoms. The molecule has 2 heterocycles. The van der Waals surface area contributed by atoms with Crippen molar-refractivity contribution in [1.82, 2.24) is 19.2 Å². The van der Waals surface area contributed by atoms with Gasteiger partial charge in [-0.15, -0.1) is 0 Å². The second kappa shape index (κ2) is 9.53. The highest BCUT2D eigenvalue weighted by atomic mass is 32.2. The first kappa shape index (κ1) is 20.7. The number of nitrogens with one attached hydrogen (secondary N) is 1. The first-order valence-corrected chi connectivity index (χ1v) is 11.6. The summed E-state index contributed by atoms with van der Waals surface area (Å²) in [6.07, 6.45) is 5.44. The molecule has 1 fully saturated rings. The molecule has 7 nitrogen and oxygen atoms in total. The molecule has 3 aromatic rings. The number of ether oxygens (including phenoxy) is 1. The van der Waals surface area contributed by atoms with Gasteiger partial charge in [0.2, 0.25) is 10.0 Å². The van der Waals surface area contributed by atoms with Crippen LogP contribution in [0.15, 0.2) is 67.3 Å². The largest absolute Gasteiger partial charge is 0.379 e. The van der Waals surface area contributed by atoms with Crippen molar-refractivity contribution < 1.29 is 13.2 Å². The third kappa shape index (κ3) is 5.14. The normalized spacial score (nSPS) is 15.3. The van der Waals surface area contributed by atoms with E-state index in [1.54, 1.807) is 12.5 Å². The number of morpholine rings is 1. The summed E-state index contributed by atoms with van der Waals surface area (Å²) in [5, 5.41) is 3.43. The van der Waals surface area contributed by atoms with Crippen molar-refractivity contribution in [3.8, 4) is 5.69 Å². The Morgan fingerprint density at radius 2 is 1.70 bits per heavy atom. The molecular weight excluding hydrogens is 400 g/mol. The minimum absolute atomic E-state index is 0.0183. The lowest BCUT2D eigenvalue weighted by atomic mass is 10.1. The first-order chi connectivity index (χ1) is 14.6. The average molecular weight is 427 g/mol. The topological polar surface area (TPSA) is 76.5 Å². The van der Waals surface area contributed by atoms with Gasteiger partial charge in [-0.2, -0.15) is 4.31 Å². The number of benzene rings is 2. The second-order valence-electron chi connectivity index (χ2n) is 7.28. The summed E-state index contributed by atoms with van der Waals surface area (Å²) >= 11 is 0. The van der Waals surface area contributed by atoms with E-state index in [-0.39, 0.29) is 5.75 Å². The summed E-state index contributed by atoms with van der Waals surface area (Å²) in [5.41, 5.74) is 4.07. The van der Waals surface area contributed by atoms with Crippen LogP contribution < -0.4 is 5.32 Å². The standard InChI is InChI=1S/C22H26N4O3S/c27-30(28,26-11-13-29-14-12-26)17-21-4-2-1-3-20(21)16-24-15-19-5-7-22(8-6-19)25-10-9-23-18-25/h1-10,18,24H,11-17H2. The van der Waals surface area contributed by atoms with Crippen molar-refractivity contribution in [2.45, 2.75) is 18.8 Å². The highest BCUT2D eigenvalue weighted by molar-refractivity contribution is 7.88. The molecule has 1 aliphatic heterocycles. The third-order valence-corrected chi connectivity index (χ3v) is 7.03. The molecule has 1 aliphatic rings. The fourth-order valence-electron chi connectivity index (χ4n) is 3.52. The Bertz CT molecular complexity index is 1040. The maximum atomic E-state index is 12.8. The minimum atomic E-state index is -3.34. The van der Waals surface area contributed by atoms with E-state index in [0.29, 0.717) is 39.4 Å². The van der Waals surface area contributed by atoms with Crippen molar-refractivity contribution in [1.29, 1.82) is 0 Å². The number of rotatable bonds is 8. The van der Waals surface area contributed by atoms with E-state index in [4.69, 9.17) is 4.74 Å². The second-order valence-corrected chi connectivity index (χ2v) is 9.25. The summed E-state index contributed by atoms with van der Waals surface area (Å²) in [6.45, 7) is 3.09. The highest BCUT2D eigenvalue weighted by Crippen LogP contribution is 2.17. The Morgan fingerprint density at radius 3 is 2.40 bits per heavy atom. The first-order valence-electron chi connectivity index (χ1n) is 10.0. The van der Waals surface area contributed by atoms with E-state index in [1.807, 2.05) is 35.0 Å². The molecule has 0 aliphatic carbocycles. The predicted molar refractivity (Wildman–Crippen MR) is 116 cm³/mol. The maximum absolute atomic E-state index is 12.8. The van der Waals surface area contributed by atoms with Crippen LogP contribution in [0.3, 0.4) is 0 Å². The number of hydrogen-bond acceptors (Lipinski definition) is 5. The number of aromatic nitrogens is 2. The van der Waals surface area contributed by atoms with Gasteiger partial charge < -0.3 is 14.6 Å². The lowest BCUT2D eigenvalue weighted by molar-refractivity contribution is 0.0729. The van der Waals surface area contributed by atoms with Crippen molar-refractivity contribution >= 4 is 10.0 Å². The quantitative estimate of drug-likeness (QED) is 0.598. The van der Waals surface area contributed by atoms with Gasteiger partial charge in [0.05, 0.1) is 25.3 Å². The summed E-state index contributed by atoms with van der Waals surface area (Å²) in [6, 6.07) is 16.0. The van der Waals surface area contributed by atoms with Gasteiger partial charge in [0.25, 0.3) is 0 Å². The van der Waals surface area contributed by atoms with Crippen molar-refractivity contribution in [2.24, 2.45) is 0 Å². The van der Waals surface area contributed by atoms with Crippen LogP contribution in [0.2, 0.25) is 0 Å². The molecule has 4 rings (SSSR count). The van der Waals surface area contributed by atoms with Gasteiger partial charge in [-0.05, 0) is 28.8 Å². The summed E-state index contributed by atoms with van der Waals surface area (Å²) in [7, 11) is -3.34. The zero-order valence-corrected chi connectivity index (χ0v) is 17.6. The summed E-state index contributed by atoms with van der Waals surface area (Å²) < 4.78 is 34.3. The molecule has 0 saturated carbocycles. The Kier molecular flexibility index (Phi) is 6.59. The van der Waals surface area contributed by atoms with Gasteiger partial charge in [-0.3, -0.25) is 0 Å². The molecule has 1 aromatic heterocycles. The van der Waals surface area contributed by atoms with Crippen molar-refractivity contribution in [3.63, 3.8) is 0 Å². The van der Waals surface area contributed by atoms with Gasteiger partial charge in [-0.1, -0.05) is 36.4 Å². The van der Waals surface area contributed by atoms with Crippen LogP contribution in [0.5, 0.6) is 0 Å². The number of imidazole rings is 1. The molecule has 0 spiro atoms. The predicted octanol–water partition coefficient (Wildman–Crippen LogP) is 2.32. The fourth-order valence-corrected chi connectivity index (χ4v) is 5.09. The van der Waals surface area contributed by atoms with Crippen LogP contribution in [-0.2, 0) is 33.6 Å². The lowest BCUT2D eigenvalue weighted by Gasteiger charge is -2.26. The highest BCUT2D eigenvalue weighted by Gasteiger charge is 2.25. The van der Waals surface area contributed by atoms with E-state index < -0.39 is 10.0 Å². The van der Waals surface area contributed by atoms with Crippen LogP contribution in [-0.4, -0.2) is 48.6 Å². The average Bonchev–Trinajstić information content (AvgIpc) is 3.31. The van der Waals surface area contributed by atoms with E-state index in [0.717, 1.165) is 22.4 Å². The van der Waals surface area contributed by atoms with Crippen LogP contribution >= 0.6 is 0 Å². The van der Waals surface area contributed by atoms with E-state index in [2.05, 4.69) is 34.6 Å². The number of hydrogen-bond donors (Lipinski definition) is 1. The molecule has 0 amide bonds. The van der Waals surface area contributed by atoms with Crippen molar-refractivity contribution in [2.75, 3.05) is 26.3 Å². The molecule has 0 radical (unpaired) electrons. The SMILES string of the molecule is O=S(=O)(Cc1ccccc1CNCc1ccc(-n2ccnc2)cc1)N1CCOCC1. The van der Waals surface area contributed by atoms with E-state index in [9.17, 15) is 8.42 Å². The van der Waals surface area contributed by atoms with Crippen molar-refractivity contribution in [3.05, 3.63) is 83.9 Å². The van der Waals surface area contributed by atoms with Crippen LogP contribution in [0.25, 0.3) is 5.69 Å². The zero-order chi connectivity index (χ0) is 20.8. The monoisotopic (exact) mass is 426 g/mol. The fraction of sp³-hybridized carbons (Fsp3) is 0.318. The van der Waals surface area contributed by atoms with Gasteiger partial charge in [0, 0.05) is 44.3 Å². The minimum Gasteiger partial charge on any atom is -0.379 e. The van der Waals surface area contributed by atoms with Crippen LogP contribution in [0, 0.1) is 0 Å². The summed E-state index contributed by atoms with van der Waals surface area (Å²) in [4.78, 5) is 4.07. The smallest absolute Gasteiger partial charge is 0.218 e. The van der Waals surface area contributed by atoms with Gasteiger partial charge in [-0.25, -0.2) is 13.4 Å². The number of nitrogens with zero attached hydrogens (tertiary/aromatic N) is 3. The molecular formula is C22H26N4O3S. The van der Waals surface area contributed by atoms with Crippen LogP contribution in [0.1, 0.15) is 16.7 Å². The Balaban J connectivity index is 1.36. The molecule has 0 bridgehead atoms.